The van der Waals surface area contributed by atoms with E-state index in [1.54, 1.807) is 24.3 Å². The SMILES string of the molecule is O=C(CCC(=O)c1ccc(F)cc1)NCCCNC(=O)c1ccc(Br)cc1. The summed E-state index contributed by atoms with van der Waals surface area (Å²) in [6.07, 6.45) is 0.721. The van der Waals surface area contributed by atoms with Crippen molar-refractivity contribution in [2.45, 2.75) is 19.3 Å². The summed E-state index contributed by atoms with van der Waals surface area (Å²) >= 11 is 3.31. The van der Waals surface area contributed by atoms with E-state index in [-0.39, 0.29) is 30.4 Å². The smallest absolute Gasteiger partial charge is 0.251 e. The van der Waals surface area contributed by atoms with E-state index in [4.69, 9.17) is 0 Å². The molecule has 0 unspecified atom stereocenters. The monoisotopic (exact) mass is 434 g/mol. The molecule has 0 heterocycles. The van der Waals surface area contributed by atoms with Gasteiger partial charge >= 0.3 is 0 Å². The van der Waals surface area contributed by atoms with Crippen molar-refractivity contribution < 1.29 is 18.8 Å². The van der Waals surface area contributed by atoms with Crippen LogP contribution in [0.1, 0.15) is 40.0 Å². The molecular weight excluding hydrogens is 415 g/mol. The molecule has 0 spiro atoms. The van der Waals surface area contributed by atoms with E-state index in [1.165, 1.54) is 24.3 Å². The van der Waals surface area contributed by atoms with Crippen LogP contribution in [0.15, 0.2) is 53.0 Å². The van der Waals surface area contributed by atoms with Crippen molar-refractivity contribution >= 4 is 33.5 Å². The largest absolute Gasteiger partial charge is 0.356 e. The van der Waals surface area contributed by atoms with Gasteiger partial charge in [0.1, 0.15) is 5.82 Å². The summed E-state index contributed by atoms with van der Waals surface area (Å²) < 4.78 is 13.7. The predicted octanol–water partition coefficient (Wildman–Crippen LogP) is 3.49. The van der Waals surface area contributed by atoms with Crippen LogP contribution in [0.5, 0.6) is 0 Å². The minimum atomic E-state index is -0.406. The highest BCUT2D eigenvalue weighted by Gasteiger charge is 2.09. The maximum Gasteiger partial charge on any atom is 0.251 e. The quantitative estimate of drug-likeness (QED) is 0.468. The highest BCUT2D eigenvalue weighted by Crippen LogP contribution is 2.10. The van der Waals surface area contributed by atoms with E-state index in [2.05, 4.69) is 26.6 Å². The number of carbonyl (C=O) groups excluding carboxylic acids is 3. The summed E-state index contributed by atoms with van der Waals surface area (Å²) in [6.45, 7) is 0.841. The van der Waals surface area contributed by atoms with Crippen LogP contribution < -0.4 is 10.6 Å². The highest BCUT2D eigenvalue weighted by molar-refractivity contribution is 9.10. The summed E-state index contributed by atoms with van der Waals surface area (Å²) in [5, 5.41) is 5.49. The van der Waals surface area contributed by atoms with E-state index < -0.39 is 5.82 Å². The minimum Gasteiger partial charge on any atom is -0.356 e. The lowest BCUT2D eigenvalue weighted by molar-refractivity contribution is -0.121. The molecule has 0 aromatic heterocycles. The number of rotatable bonds is 9. The zero-order valence-electron chi connectivity index (χ0n) is 14.6. The zero-order valence-corrected chi connectivity index (χ0v) is 16.2. The number of hydrogen-bond acceptors (Lipinski definition) is 3. The molecule has 0 aliphatic carbocycles. The maximum atomic E-state index is 12.8. The average Bonchev–Trinajstić information content (AvgIpc) is 2.66. The van der Waals surface area contributed by atoms with Crippen molar-refractivity contribution in [3.8, 4) is 0 Å². The molecule has 7 heteroatoms. The molecule has 0 fully saturated rings. The van der Waals surface area contributed by atoms with Crippen LogP contribution in [0.3, 0.4) is 0 Å². The molecule has 2 amide bonds. The zero-order chi connectivity index (χ0) is 19.6. The second-order valence-electron chi connectivity index (χ2n) is 5.90. The normalized spacial score (nSPS) is 10.3. The summed E-state index contributed by atoms with van der Waals surface area (Å²) in [6, 6.07) is 12.3. The third-order valence-electron chi connectivity index (χ3n) is 3.81. The predicted molar refractivity (Wildman–Crippen MR) is 104 cm³/mol. The van der Waals surface area contributed by atoms with Gasteiger partial charge in [-0.15, -0.1) is 0 Å². The van der Waals surface area contributed by atoms with Crippen molar-refractivity contribution in [2.24, 2.45) is 0 Å². The molecule has 0 aliphatic heterocycles. The highest BCUT2D eigenvalue weighted by atomic mass is 79.9. The first-order valence-electron chi connectivity index (χ1n) is 8.55. The second kappa shape index (κ2) is 10.6. The van der Waals surface area contributed by atoms with Crippen molar-refractivity contribution in [2.75, 3.05) is 13.1 Å². The van der Waals surface area contributed by atoms with Gasteiger partial charge < -0.3 is 10.6 Å². The molecule has 0 radical (unpaired) electrons. The topological polar surface area (TPSA) is 75.3 Å². The molecule has 0 saturated carbocycles. The molecule has 2 aromatic carbocycles. The van der Waals surface area contributed by atoms with Crippen LogP contribution in [0.4, 0.5) is 4.39 Å². The molecule has 2 aromatic rings. The number of carbonyl (C=O) groups is 3. The second-order valence-corrected chi connectivity index (χ2v) is 6.81. The third kappa shape index (κ3) is 7.30. The van der Waals surface area contributed by atoms with Crippen molar-refractivity contribution in [1.29, 1.82) is 0 Å². The Morgan fingerprint density at radius 1 is 0.815 bits per heavy atom. The lowest BCUT2D eigenvalue weighted by atomic mass is 10.1. The summed E-state index contributed by atoms with van der Waals surface area (Å²) in [5.41, 5.74) is 0.960. The number of ketones is 1. The lowest BCUT2D eigenvalue weighted by Crippen LogP contribution is -2.30. The Morgan fingerprint density at radius 2 is 1.41 bits per heavy atom. The Morgan fingerprint density at radius 3 is 2.07 bits per heavy atom. The van der Waals surface area contributed by atoms with Gasteiger partial charge in [0.15, 0.2) is 5.78 Å². The first-order chi connectivity index (χ1) is 13.0. The summed E-state index contributed by atoms with van der Waals surface area (Å²) in [7, 11) is 0. The van der Waals surface area contributed by atoms with Crippen LogP contribution in [-0.4, -0.2) is 30.7 Å². The fraction of sp³-hybridized carbons (Fsp3) is 0.250. The Bertz CT molecular complexity index is 792. The van der Waals surface area contributed by atoms with Gasteiger partial charge in [-0.05, 0) is 55.0 Å². The van der Waals surface area contributed by atoms with Gasteiger partial charge in [-0.3, -0.25) is 14.4 Å². The van der Waals surface area contributed by atoms with Crippen LogP contribution in [0.25, 0.3) is 0 Å². The fourth-order valence-corrected chi connectivity index (χ4v) is 2.58. The number of halogens is 2. The standard InChI is InChI=1S/C20H20BrFN2O3/c21-16-6-2-15(3-7-16)20(27)24-13-1-12-23-19(26)11-10-18(25)14-4-8-17(22)9-5-14/h2-9H,1,10-13H2,(H,23,26)(H,24,27). The average molecular weight is 435 g/mol. The lowest BCUT2D eigenvalue weighted by Gasteiger charge is -2.07. The van der Waals surface area contributed by atoms with Gasteiger partial charge in [0.2, 0.25) is 5.91 Å². The number of benzene rings is 2. The van der Waals surface area contributed by atoms with Crippen LogP contribution in [0.2, 0.25) is 0 Å². The molecule has 0 bridgehead atoms. The minimum absolute atomic E-state index is 0.0672. The summed E-state index contributed by atoms with van der Waals surface area (Å²) in [5.74, 6) is -1.01. The Labute approximate surface area is 165 Å². The number of amides is 2. The molecule has 142 valence electrons. The summed E-state index contributed by atoms with van der Waals surface area (Å²) in [4.78, 5) is 35.6. The molecule has 2 rings (SSSR count). The molecule has 0 saturated heterocycles. The Kier molecular flexibility index (Phi) is 8.13. The van der Waals surface area contributed by atoms with E-state index in [1.807, 2.05) is 0 Å². The molecular formula is C20H20BrFN2O3. The number of Topliss-reactive ketones (excluding diaryl/α,β-unsaturated/α-hetero) is 1. The first kappa shape index (κ1) is 20.8. The van der Waals surface area contributed by atoms with Crippen LogP contribution >= 0.6 is 15.9 Å². The van der Waals surface area contributed by atoms with E-state index in [9.17, 15) is 18.8 Å². The third-order valence-corrected chi connectivity index (χ3v) is 4.34. The number of nitrogens with one attached hydrogen (secondary N) is 2. The molecule has 0 atom stereocenters. The van der Waals surface area contributed by atoms with Gasteiger partial charge in [0, 0.05) is 41.5 Å². The fourth-order valence-electron chi connectivity index (χ4n) is 2.32. The van der Waals surface area contributed by atoms with Crippen molar-refractivity contribution in [3.63, 3.8) is 0 Å². The van der Waals surface area contributed by atoms with E-state index >= 15 is 0 Å². The molecule has 27 heavy (non-hydrogen) atoms. The van der Waals surface area contributed by atoms with Gasteiger partial charge in [0.05, 0.1) is 0 Å². The van der Waals surface area contributed by atoms with Crippen molar-refractivity contribution in [1.82, 2.24) is 10.6 Å². The molecule has 5 nitrogen and oxygen atoms in total. The Balaban J connectivity index is 1.59. The molecule has 2 N–H and O–H groups in total. The van der Waals surface area contributed by atoms with Gasteiger partial charge in [0.25, 0.3) is 5.91 Å². The Hall–Kier alpha value is -2.54. The van der Waals surface area contributed by atoms with E-state index in [0.29, 0.717) is 30.6 Å². The maximum absolute atomic E-state index is 12.8. The first-order valence-corrected chi connectivity index (χ1v) is 9.34. The van der Waals surface area contributed by atoms with Gasteiger partial charge in [-0.1, -0.05) is 15.9 Å². The van der Waals surface area contributed by atoms with Crippen LogP contribution in [-0.2, 0) is 4.79 Å². The van der Waals surface area contributed by atoms with Gasteiger partial charge in [-0.25, -0.2) is 4.39 Å². The van der Waals surface area contributed by atoms with Gasteiger partial charge in [-0.2, -0.15) is 0 Å². The number of hydrogen-bond donors (Lipinski definition) is 2. The van der Waals surface area contributed by atoms with E-state index in [0.717, 1.165) is 4.47 Å². The van der Waals surface area contributed by atoms with Crippen molar-refractivity contribution in [3.05, 3.63) is 69.9 Å². The van der Waals surface area contributed by atoms with Crippen LogP contribution in [0, 0.1) is 5.82 Å². The molecule has 0 aliphatic rings.